The van der Waals surface area contributed by atoms with Gasteiger partial charge in [0.05, 0.1) is 26.3 Å². The predicted molar refractivity (Wildman–Crippen MR) is 180 cm³/mol. The second-order valence-corrected chi connectivity index (χ2v) is 13.3. The Morgan fingerprint density at radius 3 is 2.62 bits per heavy atom. The molecule has 254 valence electrons. The largest absolute Gasteiger partial charge is 0.497 e. The van der Waals surface area contributed by atoms with Crippen LogP contribution in [-0.2, 0) is 19.1 Å². The Morgan fingerprint density at radius 2 is 1.91 bits per heavy atom. The normalized spacial score (nSPS) is 24.9. The van der Waals surface area contributed by atoms with Crippen molar-refractivity contribution in [1.29, 1.82) is 0 Å². The number of allylic oxidation sites excluding steroid dienone is 1. The molecule has 1 N–H and O–H groups in total. The zero-order valence-electron chi connectivity index (χ0n) is 28.0. The molecule has 1 aromatic carbocycles. The fraction of sp³-hybridized carbons (Fsp3) is 0.568. The molecule has 3 fully saturated rings. The number of hydrogen-bond donors (Lipinski definition) is 1. The van der Waals surface area contributed by atoms with E-state index in [0.717, 1.165) is 75.1 Å². The van der Waals surface area contributed by atoms with Gasteiger partial charge < -0.3 is 29.2 Å². The molecular weight excluding hydrogens is 598 g/mol. The van der Waals surface area contributed by atoms with Crippen molar-refractivity contribution in [3.63, 3.8) is 0 Å². The van der Waals surface area contributed by atoms with Gasteiger partial charge in [0.15, 0.2) is 0 Å². The van der Waals surface area contributed by atoms with E-state index in [4.69, 9.17) is 18.9 Å². The molecule has 2 aromatic rings. The molecule has 5 rings (SSSR count). The molecule has 1 aromatic heterocycles. The number of unbranched alkanes of at least 4 members (excludes halogenated alkanes) is 1. The highest BCUT2D eigenvalue weighted by Gasteiger charge is 2.47. The number of nitrogens with zero attached hydrogens (tertiary/aromatic N) is 2. The minimum Gasteiger partial charge on any atom is -0.497 e. The van der Waals surface area contributed by atoms with Gasteiger partial charge >= 0.3 is 12.1 Å². The summed E-state index contributed by atoms with van der Waals surface area (Å²) in [7, 11) is 2.92. The van der Waals surface area contributed by atoms with Crippen LogP contribution in [0.2, 0.25) is 0 Å². The molecule has 2 amide bonds. The van der Waals surface area contributed by atoms with Crippen LogP contribution in [0.4, 0.5) is 4.79 Å². The van der Waals surface area contributed by atoms with Gasteiger partial charge in [0.1, 0.15) is 41.0 Å². The molecule has 0 radical (unpaired) electrons. The van der Waals surface area contributed by atoms with E-state index in [2.05, 4.69) is 23.5 Å². The Bertz CT molecular complexity index is 1470. The maximum atomic E-state index is 14.4. The number of methoxy groups -OCH3 is 2. The number of carbonyl (C=O) groups excluding carboxylic acids is 3. The molecular formula is C37H49N3O7. The first kappa shape index (κ1) is 34.3. The van der Waals surface area contributed by atoms with E-state index in [1.54, 1.807) is 13.2 Å². The van der Waals surface area contributed by atoms with Gasteiger partial charge in [-0.05, 0) is 100 Å². The lowest BCUT2D eigenvalue weighted by Crippen LogP contribution is -2.55. The molecule has 2 saturated carbocycles. The molecule has 5 atom stereocenters. The highest BCUT2D eigenvalue weighted by atomic mass is 16.6. The zero-order valence-corrected chi connectivity index (χ0v) is 28.0. The highest BCUT2D eigenvalue weighted by Crippen LogP contribution is 2.42. The number of pyridine rings is 1. The molecule has 10 nitrogen and oxygen atoms in total. The minimum absolute atomic E-state index is 0.0554. The highest BCUT2D eigenvalue weighted by molar-refractivity contribution is 5.91. The van der Waals surface area contributed by atoms with Gasteiger partial charge in [0.2, 0.25) is 5.91 Å². The van der Waals surface area contributed by atoms with E-state index in [0.29, 0.717) is 17.2 Å². The van der Waals surface area contributed by atoms with Crippen LogP contribution < -0.4 is 14.8 Å². The number of fused-ring (bicyclic) bond motifs is 1. The van der Waals surface area contributed by atoms with E-state index in [-0.39, 0.29) is 30.7 Å². The number of amides is 2. The number of rotatable bonds is 13. The van der Waals surface area contributed by atoms with Gasteiger partial charge in [-0.2, -0.15) is 0 Å². The smallest absolute Gasteiger partial charge is 0.408 e. The first-order valence-corrected chi connectivity index (χ1v) is 17.0. The molecule has 0 unspecified atom stereocenters. The monoisotopic (exact) mass is 647 g/mol. The average molecular weight is 648 g/mol. The second-order valence-electron chi connectivity index (χ2n) is 13.3. The fourth-order valence-corrected chi connectivity index (χ4v) is 7.70. The van der Waals surface area contributed by atoms with Crippen molar-refractivity contribution in [2.45, 2.75) is 101 Å². The molecule has 2 heterocycles. The first-order chi connectivity index (χ1) is 22.7. The lowest BCUT2D eigenvalue weighted by Gasteiger charge is -2.34. The predicted octanol–water partition coefficient (Wildman–Crippen LogP) is 6.61. The van der Waals surface area contributed by atoms with Crippen molar-refractivity contribution in [2.75, 3.05) is 20.8 Å². The molecule has 0 bridgehead atoms. The number of likely N-dealkylation sites (tertiary alicyclic amines) is 1. The summed E-state index contributed by atoms with van der Waals surface area (Å²) in [6, 6.07) is 5.76. The minimum atomic E-state index is -0.860. The number of hydrogen-bond acceptors (Lipinski definition) is 8. The van der Waals surface area contributed by atoms with E-state index in [1.807, 2.05) is 37.3 Å². The molecule has 0 spiro atoms. The topological polar surface area (TPSA) is 116 Å². The molecule has 2 aliphatic carbocycles. The van der Waals surface area contributed by atoms with E-state index in [9.17, 15) is 14.4 Å². The van der Waals surface area contributed by atoms with E-state index in [1.165, 1.54) is 12.0 Å². The standard InChI is InChI=1S/C37H49N3O7/c1-6-8-9-15-26-16-12-19-37(26,3)47-36(43)39-33(24-13-10-11-14-24)34(41)40-23-28(22-31(40)35(42)45-5)46-32-21-25-20-27(44-4)17-18-30(25)38-29(32)7-2/h6-7,17-18,20-21,24,26,28,31,33H,1-2,8-16,19,22-23H2,3-5H3,(H,39,43)/t26-,28+,31-,33-,37-/m0/s1. The van der Waals surface area contributed by atoms with Crippen LogP contribution in [0.1, 0.15) is 83.2 Å². The van der Waals surface area contributed by atoms with Gasteiger partial charge in [-0.25, -0.2) is 14.6 Å². The number of benzene rings is 1. The van der Waals surface area contributed by atoms with Crippen molar-refractivity contribution in [2.24, 2.45) is 11.8 Å². The number of esters is 1. The third kappa shape index (κ3) is 7.74. The summed E-state index contributed by atoms with van der Waals surface area (Å²) < 4.78 is 23.1. The van der Waals surface area contributed by atoms with Gasteiger partial charge in [0, 0.05) is 11.8 Å². The summed E-state index contributed by atoms with van der Waals surface area (Å²) in [6.45, 7) is 9.88. The Labute approximate surface area is 277 Å². The van der Waals surface area contributed by atoms with Crippen molar-refractivity contribution in [3.8, 4) is 11.5 Å². The average Bonchev–Trinajstić information content (AvgIpc) is 3.83. The van der Waals surface area contributed by atoms with Crippen LogP contribution >= 0.6 is 0 Å². The van der Waals surface area contributed by atoms with Crippen molar-refractivity contribution in [3.05, 3.63) is 49.2 Å². The lowest BCUT2D eigenvalue weighted by atomic mass is 9.88. The first-order valence-electron chi connectivity index (χ1n) is 17.0. The maximum absolute atomic E-state index is 14.4. The summed E-state index contributed by atoms with van der Waals surface area (Å²) in [4.78, 5) is 47.1. The van der Waals surface area contributed by atoms with Gasteiger partial charge in [-0.1, -0.05) is 25.5 Å². The summed E-state index contributed by atoms with van der Waals surface area (Å²) in [5.74, 6) is 0.544. The van der Waals surface area contributed by atoms with Crippen molar-refractivity contribution >= 4 is 34.9 Å². The lowest BCUT2D eigenvalue weighted by molar-refractivity contribution is -0.152. The van der Waals surface area contributed by atoms with Crippen LogP contribution in [0.25, 0.3) is 17.0 Å². The number of nitrogens with one attached hydrogen (secondary N) is 1. The Balaban J connectivity index is 1.34. The number of alkyl carbamates (subject to hydrolysis) is 1. The molecule has 47 heavy (non-hydrogen) atoms. The molecule has 10 heteroatoms. The number of carbonyl (C=O) groups is 3. The number of ether oxygens (including phenoxy) is 4. The van der Waals surface area contributed by atoms with Gasteiger partial charge in [-0.3, -0.25) is 4.79 Å². The SMILES string of the molecule is C=CCCC[C@H]1CCC[C@]1(C)OC(=O)N[C@H](C(=O)N1C[C@H](Oc2cc3cc(OC)ccc3nc2C=C)C[C@H]1C(=O)OC)C1CCCC1. The van der Waals surface area contributed by atoms with E-state index < -0.39 is 35.9 Å². The Hall–Kier alpha value is -4.08. The van der Waals surface area contributed by atoms with Crippen molar-refractivity contribution < 1.29 is 33.3 Å². The maximum Gasteiger partial charge on any atom is 0.408 e. The van der Waals surface area contributed by atoms with Crippen LogP contribution in [0.3, 0.4) is 0 Å². The third-order valence-electron chi connectivity index (χ3n) is 10.3. The summed E-state index contributed by atoms with van der Waals surface area (Å²) in [5, 5.41) is 3.79. The van der Waals surface area contributed by atoms with Crippen LogP contribution in [0, 0.1) is 11.8 Å². The summed E-state index contributed by atoms with van der Waals surface area (Å²) in [5.41, 5.74) is 0.727. The number of aromatic nitrogens is 1. The fourth-order valence-electron chi connectivity index (χ4n) is 7.70. The summed E-state index contributed by atoms with van der Waals surface area (Å²) >= 11 is 0. The van der Waals surface area contributed by atoms with Crippen LogP contribution in [0.5, 0.6) is 11.5 Å². The van der Waals surface area contributed by atoms with E-state index >= 15 is 0 Å². The van der Waals surface area contributed by atoms with Crippen LogP contribution in [0.15, 0.2) is 43.5 Å². The third-order valence-corrected chi connectivity index (χ3v) is 10.3. The summed E-state index contributed by atoms with van der Waals surface area (Å²) in [6.07, 6.45) is 11.9. The van der Waals surface area contributed by atoms with Gasteiger partial charge in [-0.15, -0.1) is 6.58 Å². The van der Waals surface area contributed by atoms with Crippen LogP contribution in [-0.4, -0.2) is 72.4 Å². The molecule has 1 saturated heterocycles. The quantitative estimate of drug-likeness (QED) is 0.147. The van der Waals surface area contributed by atoms with Gasteiger partial charge in [0.25, 0.3) is 0 Å². The Kier molecular flexibility index (Phi) is 11.1. The second kappa shape index (κ2) is 15.2. The van der Waals surface area contributed by atoms with Crippen molar-refractivity contribution in [1.82, 2.24) is 15.2 Å². The molecule has 3 aliphatic rings. The Morgan fingerprint density at radius 1 is 1.13 bits per heavy atom. The zero-order chi connectivity index (χ0) is 33.6. The molecule has 1 aliphatic heterocycles.